The Morgan fingerprint density at radius 1 is 1.23 bits per heavy atom. The van der Waals surface area contributed by atoms with E-state index in [-0.39, 0.29) is 18.1 Å². The van der Waals surface area contributed by atoms with Crippen LogP contribution in [0.2, 0.25) is 0 Å². The molecule has 1 amide bonds. The molecule has 0 aliphatic rings. The molecule has 0 fully saturated rings. The summed E-state index contributed by atoms with van der Waals surface area (Å²) in [5.74, 6) is -0.678. The zero-order chi connectivity index (χ0) is 15.5. The van der Waals surface area contributed by atoms with Crippen molar-refractivity contribution in [2.75, 3.05) is 5.32 Å². The molecular weight excluding hydrogens is 286 g/mol. The van der Waals surface area contributed by atoms with Crippen LogP contribution in [0.1, 0.15) is 0 Å². The maximum Gasteiger partial charge on any atom is 0.278 e. The standard InChI is InChI=1S/C14H11N5O3/c20-11-6-3-7-15-13(11)16-12(21)8-19-14(22)9-4-1-2-5-10(9)17-18-19/h1-7,20H,8H2,(H,15,16,21). The van der Waals surface area contributed by atoms with E-state index in [0.29, 0.717) is 10.9 Å². The van der Waals surface area contributed by atoms with E-state index in [1.54, 1.807) is 24.3 Å². The Morgan fingerprint density at radius 2 is 2.05 bits per heavy atom. The minimum Gasteiger partial charge on any atom is -0.504 e. The van der Waals surface area contributed by atoms with Gasteiger partial charge in [0.05, 0.1) is 5.39 Å². The van der Waals surface area contributed by atoms with Gasteiger partial charge in [0.15, 0.2) is 11.6 Å². The number of nitrogens with zero attached hydrogens (tertiary/aromatic N) is 4. The summed E-state index contributed by atoms with van der Waals surface area (Å²) in [7, 11) is 0. The first-order chi connectivity index (χ1) is 10.6. The lowest BCUT2D eigenvalue weighted by molar-refractivity contribution is -0.117. The molecule has 0 aliphatic carbocycles. The number of fused-ring (bicyclic) bond motifs is 1. The Labute approximate surface area is 124 Å². The van der Waals surface area contributed by atoms with Gasteiger partial charge in [-0.3, -0.25) is 9.59 Å². The molecule has 22 heavy (non-hydrogen) atoms. The molecule has 110 valence electrons. The van der Waals surface area contributed by atoms with Gasteiger partial charge in [-0.1, -0.05) is 17.3 Å². The largest absolute Gasteiger partial charge is 0.504 e. The van der Waals surface area contributed by atoms with Crippen molar-refractivity contribution < 1.29 is 9.90 Å². The van der Waals surface area contributed by atoms with Gasteiger partial charge in [-0.15, -0.1) is 5.10 Å². The molecule has 2 heterocycles. The molecule has 0 bridgehead atoms. The smallest absolute Gasteiger partial charge is 0.278 e. The lowest BCUT2D eigenvalue weighted by atomic mass is 10.2. The predicted octanol–water partition coefficient (Wildman–Crippen LogP) is 0.531. The average Bonchev–Trinajstić information content (AvgIpc) is 2.53. The topological polar surface area (TPSA) is 110 Å². The van der Waals surface area contributed by atoms with Crippen LogP contribution in [0.15, 0.2) is 47.4 Å². The van der Waals surface area contributed by atoms with E-state index in [1.165, 1.54) is 18.3 Å². The van der Waals surface area contributed by atoms with Crippen LogP contribution in [0.3, 0.4) is 0 Å². The lowest BCUT2D eigenvalue weighted by Crippen LogP contribution is -2.30. The van der Waals surface area contributed by atoms with Crippen LogP contribution >= 0.6 is 0 Å². The van der Waals surface area contributed by atoms with Crippen LogP contribution in [0.5, 0.6) is 5.75 Å². The van der Waals surface area contributed by atoms with Gasteiger partial charge in [0.25, 0.3) is 5.56 Å². The number of nitrogens with one attached hydrogen (secondary N) is 1. The Balaban J connectivity index is 1.84. The molecule has 0 radical (unpaired) electrons. The fourth-order valence-electron chi connectivity index (χ4n) is 1.93. The summed E-state index contributed by atoms with van der Waals surface area (Å²) in [6, 6.07) is 9.67. The van der Waals surface area contributed by atoms with Crippen LogP contribution in [-0.4, -0.2) is 31.0 Å². The number of benzene rings is 1. The summed E-state index contributed by atoms with van der Waals surface area (Å²) >= 11 is 0. The first-order valence-corrected chi connectivity index (χ1v) is 6.41. The second kappa shape index (κ2) is 5.60. The number of amides is 1. The number of rotatable bonds is 3. The summed E-state index contributed by atoms with van der Waals surface area (Å²) in [4.78, 5) is 28.0. The lowest BCUT2D eigenvalue weighted by Gasteiger charge is -2.07. The average molecular weight is 297 g/mol. The van der Waals surface area contributed by atoms with Gasteiger partial charge in [0, 0.05) is 6.20 Å². The Morgan fingerprint density at radius 3 is 2.86 bits per heavy atom. The van der Waals surface area contributed by atoms with Crippen molar-refractivity contribution in [2.24, 2.45) is 0 Å². The third kappa shape index (κ3) is 2.62. The molecule has 0 spiro atoms. The van der Waals surface area contributed by atoms with E-state index in [4.69, 9.17) is 0 Å². The maximum absolute atomic E-state index is 12.2. The highest BCUT2D eigenvalue weighted by molar-refractivity contribution is 5.90. The Kier molecular flexibility index (Phi) is 3.48. The molecule has 8 nitrogen and oxygen atoms in total. The summed E-state index contributed by atoms with van der Waals surface area (Å²) < 4.78 is 0.956. The van der Waals surface area contributed by atoms with Crippen LogP contribution in [0.25, 0.3) is 10.9 Å². The predicted molar refractivity (Wildman–Crippen MR) is 78.3 cm³/mol. The fraction of sp³-hybridized carbons (Fsp3) is 0.0714. The molecule has 0 atom stereocenters. The molecule has 3 aromatic rings. The molecule has 8 heteroatoms. The summed E-state index contributed by atoms with van der Waals surface area (Å²) in [6.07, 6.45) is 1.43. The van der Waals surface area contributed by atoms with Gasteiger partial charge >= 0.3 is 0 Å². The van der Waals surface area contributed by atoms with Crippen molar-refractivity contribution in [1.29, 1.82) is 0 Å². The molecule has 0 saturated heterocycles. The van der Waals surface area contributed by atoms with Crippen molar-refractivity contribution in [1.82, 2.24) is 20.0 Å². The van der Waals surface area contributed by atoms with E-state index < -0.39 is 11.5 Å². The molecule has 0 unspecified atom stereocenters. The molecule has 0 aliphatic heterocycles. The van der Waals surface area contributed by atoms with Gasteiger partial charge in [0.2, 0.25) is 5.91 Å². The van der Waals surface area contributed by atoms with E-state index in [1.807, 2.05) is 0 Å². The van der Waals surface area contributed by atoms with Crippen LogP contribution < -0.4 is 10.9 Å². The first-order valence-electron chi connectivity index (χ1n) is 6.41. The van der Waals surface area contributed by atoms with Crippen LogP contribution in [0.4, 0.5) is 5.82 Å². The minimum atomic E-state index is -0.541. The molecule has 0 saturated carbocycles. The number of hydrogen-bond acceptors (Lipinski definition) is 6. The zero-order valence-corrected chi connectivity index (χ0v) is 11.3. The van der Waals surface area contributed by atoms with E-state index in [0.717, 1.165) is 4.68 Å². The van der Waals surface area contributed by atoms with E-state index >= 15 is 0 Å². The van der Waals surface area contributed by atoms with Gasteiger partial charge in [-0.2, -0.15) is 0 Å². The number of hydrogen-bond donors (Lipinski definition) is 2. The van der Waals surface area contributed by atoms with Crippen molar-refractivity contribution >= 4 is 22.6 Å². The van der Waals surface area contributed by atoms with Gasteiger partial charge < -0.3 is 10.4 Å². The number of anilines is 1. The summed E-state index contributed by atoms with van der Waals surface area (Å²) in [5, 5.41) is 19.9. The highest BCUT2D eigenvalue weighted by Crippen LogP contribution is 2.17. The first kappa shape index (κ1) is 13.7. The Hall–Kier alpha value is -3.29. The van der Waals surface area contributed by atoms with Crippen molar-refractivity contribution in [3.8, 4) is 5.75 Å². The second-order valence-corrected chi connectivity index (χ2v) is 4.49. The quantitative estimate of drug-likeness (QED) is 0.729. The number of carbonyl (C=O) groups excluding carboxylic acids is 1. The van der Waals surface area contributed by atoms with Gasteiger partial charge in [0.1, 0.15) is 12.1 Å². The molecule has 1 aromatic carbocycles. The number of aromatic nitrogens is 4. The molecule has 2 N–H and O–H groups in total. The SMILES string of the molecule is O=C(Cn1nnc2ccccc2c1=O)Nc1ncccc1O. The number of aromatic hydroxyl groups is 1. The van der Waals surface area contributed by atoms with E-state index in [2.05, 4.69) is 20.6 Å². The maximum atomic E-state index is 12.2. The minimum absolute atomic E-state index is 0.0225. The number of pyridine rings is 1. The van der Waals surface area contributed by atoms with Crippen LogP contribution in [0, 0.1) is 0 Å². The fourth-order valence-corrected chi connectivity index (χ4v) is 1.93. The van der Waals surface area contributed by atoms with Gasteiger partial charge in [-0.25, -0.2) is 9.67 Å². The normalized spacial score (nSPS) is 10.5. The monoisotopic (exact) mass is 297 g/mol. The Bertz CT molecular complexity index is 906. The molecule has 2 aromatic heterocycles. The highest BCUT2D eigenvalue weighted by Gasteiger charge is 2.11. The molecular formula is C14H11N5O3. The van der Waals surface area contributed by atoms with Crippen molar-refractivity contribution in [3.63, 3.8) is 0 Å². The van der Waals surface area contributed by atoms with Gasteiger partial charge in [-0.05, 0) is 24.3 Å². The highest BCUT2D eigenvalue weighted by atomic mass is 16.3. The van der Waals surface area contributed by atoms with Crippen LogP contribution in [-0.2, 0) is 11.3 Å². The summed E-state index contributed by atoms with van der Waals surface area (Å²) in [6.45, 7) is -0.327. The van der Waals surface area contributed by atoms with Crippen molar-refractivity contribution in [3.05, 3.63) is 52.9 Å². The van der Waals surface area contributed by atoms with E-state index in [9.17, 15) is 14.7 Å². The number of carbonyl (C=O) groups is 1. The summed E-state index contributed by atoms with van der Waals surface area (Å²) in [5.41, 5.74) is 0.0533. The zero-order valence-electron chi connectivity index (χ0n) is 11.3. The second-order valence-electron chi connectivity index (χ2n) is 4.49. The molecule has 3 rings (SSSR count). The van der Waals surface area contributed by atoms with Crippen molar-refractivity contribution in [2.45, 2.75) is 6.54 Å². The third-order valence-electron chi connectivity index (χ3n) is 2.97. The third-order valence-corrected chi connectivity index (χ3v) is 2.97.